The van der Waals surface area contributed by atoms with Gasteiger partial charge in [0.2, 0.25) is 0 Å². The van der Waals surface area contributed by atoms with E-state index in [0.717, 1.165) is 6.54 Å². The van der Waals surface area contributed by atoms with E-state index in [4.69, 9.17) is 4.74 Å². The summed E-state index contributed by atoms with van der Waals surface area (Å²) in [6, 6.07) is 0. The Kier molecular flexibility index (Phi) is 4.80. The normalized spacial score (nSPS) is 15.2. The lowest BCUT2D eigenvalue weighted by molar-refractivity contribution is -0.0786. The van der Waals surface area contributed by atoms with E-state index in [9.17, 15) is 0 Å². The molecule has 1 atom stereocenters. The summed E-state index contributed by atoms with van der Waals surface area (Å²) < 4.78 is 5.88. The summed E-state index contributed by atoms with van der Waals surface area (Å²) in [6.07, 6.45) is 0.327. The topological polar surface area (TPSA) is 21.3 Å². The Morgan fingerprint density at radius 3 is 2.08 bits per heavy atom. The van der Waals surface area contributed by atoms with Gasteiger partial charge in [0.05, 0.1) is 11.7 Å². The fourth-order valence-corrected chi connectivity index (χ4v) is 1.11. The van der Waals surface area contributed by atoms with Crippen molar-refractivity contribution in [1.29, 1.82) is 0 Å². The van der Waals surface area contributed by atoms with Crippen LogP contribution in [-0.4, -0.2) is 25.3 Å². The summed E-state index contributed by atoms with van der Waals surface area (Å²) >= 11 is 0. The predicted octanol–water partition coefficient (Wildman–Crippen LogP) is 2.05. The van der Waals surface area contributed by atoms with Crippen LogP contribution in [0.3, 0.4) is 0 Å². The van der Waals surface area contributed by atoms with Crippen molar-refractivity contribution in [3.63, 3.8) is 0 Å². The quantitative estimate of drug-likeness (QED) is 0.687. The second kappa shape index (κ2) is 4.83. The highest BCUT2D eigenvalue weighted by molar-refractivity contribution is 4.73. The largest absolute Gasteiger partial charge is 0.371 e. The van der Waals surface area contributed by atoms with Crippen molar-refractivity contribution in [3.05, 3.63) is 0 Å². The third-order valence-electron chi connectivity index (χ3n) is 2.05. The van der Waals surface area contributed by atoms with Crippen LogP contribution in [0, 0.1) is 5.92 Å². The van der Waals surface area contributed by atoms with Gasteiger partial charge in [0.25, 0.3) is 0 Å². The van der Waals surface area contributed by atoms with Crippen LogP contribution in [0.25, 0.3) is 0 Å². The molecule has 74 valence electrons. The predicted molar refractivity (Wildman–Crippen MR) is 53.4 cm³/mol. The van der Waals surface area contributed by atoms with Crippen molar-refractivity contribution in [1.82, 2.24) is 5.32 Å². The summed E-state index contributed by atoms with van der Waals surface area (Å²) in [5, 5.41) is 3.13. The minimum atomic E-state index is -0.0571. The summed E-state index contributed by atoms with van der Waals surface area (Å²) in [7, 11) is 1.95. The average Bonchev–Trinajstić information content (AvgIpc) is 1.85. The molecular formula is C10H23NO. The summed E-state index contributed by atoms with van der Waals surface area (Å²) in [5.74, 6) is 0.584. The molecule has 1 N–H and O–H groups in total. The molecule has 0 bridgehead atoms. The number of rotatable bonds is 5. The third-order valence-corrected chi connectivity index (χ3v) is 2.05. The minimum absolute atomic E-state index is 0.0571. The molecule has 0 fully saturated rings. The minimum Gasteiger partial charge on any atom is -0.371 e. The Morgan fingerprint density at radius 2 is 1.75 bits per heavy atom. The molecule has 0 aliphatic heterocycles. The molecule has 12 heavy (non-hydrogen) atoms. The van der Waals surface area contributed by atoms with E-state index < -0.39 is 0 Å². The zero-order valence-corrected chi connectivity index (χ0v) is 9.27. The lowest BCUT2D eigenvalue weighted by atomic mass is 10.1. The molecule has 2 nitrogen and oxygen atoms in total. The van der Waals surface area contributed by atoms with Crippen LogP contribution in [0.2, 0.25) is 0 Å². The number of ether oxygens (including phenoxy) is 1. The lowest BCUT2D eigenvalue weighted by Gasteiger charge is -2.30. The summed E-state index contributed by atoms with van der Waals surface area (Å²) in [5.41, 5.74) is -0.0571. The van der Waals surface area contributed by atoms with Crippen molar-refractivity contribution in [2.75, 3.05) is 13.6 Å². The van der Waals surface area contributed by atoms with Crippen LogP contribution in [0.5, 0.6) is 0 Å². The Balaban J connectivity index is 3.87. The monoisotopic (exact) mass is 173 g/mol. The van der Waals surface area contributed by atoms with Crippen molar-refractivity contribution >= 4 is 0 Å². The second-order valence-electron chi connectivity index (χ2n) is 4.36. The van der Waals surface area contributed by atoms with E-state index >= 15 is 0 Å². The van der Waals surface area contributed by atoms with Crippen LogP contribution in [0.1, 0.15) is 34.6 Å². The maximum Gasteiger partial charge on any atom is 0.0753 e. The van der Waals surface area contributed by atoms with Crippen LogP contribution in [0.4, 0.5) is 0 Å². The Labute approximate surface area is 76.7 Å². The van der Waals surface area contributed by atoms with Gasteiger partial charge in [-0.15, -0.1) is 0 Å². The molecule has 0 amide bonds. The lowest BCUT2D eigenvalue weighted by Crippen LogP contribution is -2.39. The molecule has 0 aliphatic carbocycles. The van der Waals surface area contributed by atoms with Crippen molar-refractivity contribution in [3.8, 4) is 0 Å². The average molecular weight is 173 g/mol. The van der Waals surface area contributed by atoms with Gasteiger partial charge in [-0.25, -0.2) is 0 Å². The first-order chi connectivity index (χ1) is 5.39. The van der Waals surface area contributed by atoms with E-state index in [1.165, 1.54) is 0 Å². The molecule has 0 heterocycles. The second-order valence-corrected chi connectivity index (χ2v) is 4.36. The molecule has 0 saturated heterocycles. The molecular weight excluding hydrogens is 150 g/mol. The highest BCUT2D eigenvalue weighted by atomic mass is 16.5. The molecule has 2 heteroatoms. The van der Waals surface area contributed by atoms with Crippen molar-refractivity contribution in [2.45, 2.75) is 46.3 Å². The molecule has 0 aromatic heterocycles. The summed E-state index contributed by atoms with van der Waals surface area (Å²) in [6.45, 7) is 11.6. The Hall–Kier alpha value is -0.0800. The van der Waals surface area contributed by atoms with Gasteiger partial charge >= 0.3 is 0 Å². The van der Waals surface area contributed by atoms with Crippen LogP contribution in [-0.2, 0) is 4.74 Å². The van der Waals surface area contributed by atoms with Gasteiger partial charge in [-0.05, 0) is 33.7 Å². The zero-order valence-electron chi connectivity index (χ0n) is 9.27. The zero-order chi connectivity index (χ0) is 9.78. The highest BCUT2D eigenvalue weighted by Crippen LogP contribution is 2.15. The van der Waals surface area contributed by atoms with Gasteiger partial charge < -0.3 is 10.1 Å². The standard InChI is InChI=1S/C10H23NO/c1-8(2)9(3)12-10(4,5)7-11-6/h8-9,11H,7H2,1-6H3. The van der Waals surface area contributed by atoms with Gasteiger partial charge in [0, 0.05) is 6.54 Å². The Bertz CT molecular complexity index is 121. The third kappa shape index (κ3) is 4.73. The molecule has 0 aromatic rings. The van der Waals surface area contributed by atoms with Crippen molar-refractivity contribution < 1.29 is 4.74 Å². The first kappa shape index (κ1) is 11.9. The van der Waals surface area contributed by atoms with Gasteiger partial charge in [0.1, 0.15) is 0 Å². The molecule has 0 rings (SSSR count). The fraction of sp³-hybridized carbons (Fsp3) is 1.00. The van der Waals surface area contributed by atoms with Gasteiger partial charge in [-0.2, -0.15) is 0 Å². The van der Waals surface area contributed by atoms with Gasteiger partial charge in [-0.1, -0.05) is 13.8 Å². The maximum atomic E-state index is 5.88. The number of hydrogen-bond donors (Lipinski definition) is 1. The smallest absolute Gasteiger partial charge is 0.0753 e. The van der Waals surface area contributed by atoms with Crippen LogP contribution in [0.15, 0.2) is 0 Å². The first-order valence-corrected chi connectivity index (χ1v) is 4.71. The van der Waals surface area contributed by atoms with Crippen LogP contribution < -0.4 is 5.32 Å². The molecule has 0 spiro atoms. The fourth-order valence-electron chi connectivity index (χ4n) is 1.11. The van der Waals surface area contributed by atoms with Crippen molar-refractivity contribution in [2.24, 2.45) is 5.92 Å². The molecule has 0 saturated carbocycles. The molecule has 0 aromatic carbocycles. The molecule has 0 radical (unpaired) electrons. The van der Waals surface area contributed by atoms with E-state index in [0.29, 0.717) is 12.0 Å². The SMILES string of the molecule is CNCC(C)(C)OC(C)C(C)C. The molecule has 1 unspecified atom stereocenters. The van der Waals surface area contributed by atoms with Crippen LogP contribution >= 0.6 is 0 Å². The number of nitrogens with one attached hydrogen (secondary N) is 1. The number of likely N-dealkylation sites (N-methyl/N-ethyl adjacent to an activating group) is 1. The van der Waals surface area contributed by atoms with Gasteiger partial charge in [-0.3, -0.25) is 0 Å². The highest BCUT2D eigenvalue weighted by Gasteiger charge is 2.21. The number of hydrogen-bond acceptors (Lipinski definition) is 2. The van der Waals surface area contributed by atoms with E-state index in [2.05, 4.69) is 39.9 Å². The van der Waals surface area contributed by atoms with E-state index in [-0.39, 0.29) is 5.60 Å². The van der Waals surface area contributed by atoms with E-state index in [1.807, 2.05) is 7.05 Å². The van der Waals surface area contributed by atoms with E-state index in [1.54, 1.807) is 0 Å². The van der Waals surface area contributed by atoms with Gasteiger partial charge in [0.15, 0.2) is 0 Å². The summed E-state index contributed by atoms with van der Waals surface area (Å²) in [4.78, 5) is 0. The maximum absolute atomic E-state index is 5.88. The molecule has 0 aliphatic rings. The first-order valence-electron chi connectivity index (χ1n) is 4.71. The Morgan fingerprint density at radius 1 is 1.25 bits per heavy atom.